The third-order valence-corrected chi connectivity index (χ3v) is 3.99. The molecule has 3 rings (SSSR count). The molecule has 1 aliphatic heterocycles. The molecule has 124 valence electrons. The molecular formula is C18H19FN4O. The molecule has 1 saturated heterocycles. The molecule has 1 fully saturated rings. The van der Waals surface area contributed by atoms with E-state index in [2.05, 4.69) is 14.9 Å². The molecule has 1 aliphatic rings. The second kappa shape index (κ2) is 7.21. The van der Waals surface area contributed by atoms with Crippen LogP contribution in [-0.4, -0.2) is 47.0 Å². The SMILES string of the molecule is Cc1cc(N2CCN(C(=O)/C=C/c3ccc(F)cc3)CC2)ncn1. The highest BCUT2D eigenvalue weighted by Crippen LogP contribution is 2.14. The lowest BCUT2D eigenvalue weighted by atomic mass is 10.2. The second-order valence-electron chi connectivity index (χ2n) is 5.71. The lowest BCUT2D eigenvalue weighted by molar-refractivity contribution is -0.126. The summed E-state index contributed by atoms with van der Waals surface area (Å²) in [6, 6.07) is 8.01. The number of hydrogen-bond donors (Lipinski definition) is 0. The number of rotatable bonds is 3. The van der Waals surface area contributed by atoms with Gasteiger partial charge in [0, 0.05) is 44.0 Å². The minimum absolute atomic E-state index is 0.0298. The van der Waals surface area contributed by atoms with Crippen molar-refractivity contribution in [1.82, 2.24) is 14.9 Å². The average Bonchev–Trinajstić information content (AvgIpc) is 2.61. The van der Waals surface area contributed by atoms with Gasteiger partial charge in [0.05, 0.1) is 0 Å². The van der Waals surface area contributed by atoms with E-state index in [1.807, 2.05) is 17.9 Å². The fourth-order valence-corrected chi connectivity index (χ4v) is 2.62. The van der Waals surface area contributed by atoms with Crippen LogP contribution in [0.3, 0.4) is 0 Å². The van der Waals surface area contributed by atoms with Crippen molar-refractivity contribution in [3.63, 3.8) is 0 Å². The largest absolute Gasteiger partial charge is 0.353 e. The molecular weight excluding hydrogens is 307 g/mol. The van der Waals surface area contributed by atoms with Crippen LogP contribution in [0.1, 0.15) is 11.3 Å². The topological polar surface area (TPSA) is 49.3 Å². The van der Waals surface area contributed by atoms with Crippen LogP contribution in [0, 0.1) is 12.7 Å². The van der Waals surface area contributed by atoms with Gasteiger partial charge in [0.2, 0.25) is 5.91 Å². The summed E-state index contributed by atoms with van der Waals surface area (Å²) in [5.74, 6) is 0.587. The molecule has 0 unspecified atom stereocenters. The first-order chi connectivity index (χ1) is 11.6. The lowest BCUT2D eigenvalue weighted by Gasteiger charge is -2.34. The maximum absolute atomic E-state index is 12.9. The Labute approximate surface area is 140 Å². The van der Waals surface area contributed by atoms with Gasteiger partial charge in [0.1, 0.15) is 18.0 Å². The Morgan fingerprint density at radius 2 is 1.83 bits per heavy atom. The quantitative estimate of drug-likeness (QED) is 0.812. The van der Waals surface area contributed by atoms with Crippen molar-refractivity contribution in [3.8, 4) is 0 Å². The zero-order chi connectivity index (χ0) is 16.9. The van der Waals surface area contributed by atoms with E-state index in [1.54, 1.807) is 24.5 Å². The summed E-state index contributed by atoms with van der Waals surface area (Å²) in [7, 11) is 0. The van der Waals surface area contributed by atoms with Gasteiger partial charge in [-0.2, -0.15) is 0 Å². The number of aromatic nitrogens is 2. The van der Waals surface area contributed by atoms with Gasteiger partial charge in [-0.15, -0.1) is 0 Å². The predicted molar refractivity (Wildman–Crippen MR) is 91.0 cm³/mol. The molecule has 0 aliphatic carbocycles. The molecule has 5 nitrogen and oxygen atoms in total. The van der Waals surface area contributed by atoms with Gasteiger partial charge in [-0.25, -0.2) is 14.4 Å². The monoisotopic (exact) mass is 326 g/mol. The Morgan fingerprint density at radius 3 is 2.50 bits per heavy atom. The van der Waals surface area contributed by atoms with E-state index in [4.69, 9.17) is 0 Å². The summed E-state index contributed by atoms with van der Waals surface area (Å²) in [6.45, 7) is 4.72. The van der Waals surface area contributed by atoms with Crippen LogP contribution in [0.5, 0.6) is 0 Å². The third kappa shape index (κ3) is 3.95. The number of carbonyl (C=O) groups excluding carboxylic acids is 1. The molecule has 0 saturated carbocycles. The molecule has 1 aromatic carbocycles. The Morgan fingerprint density at radius 1 is 1.12 bits per heavy atom. The molecule has 1 amide bonds. The van der Waals surface area contributed by atoms with Crippen LogP contribution < -0.4 is 4.90 Å². The predicted octanol–water partition coefficient (Wildman–Crippen LogP) is 2.29. The Balaban J connectivity index is 1.56. The molecule has 0 atom stereocenters. The molecule has 24 heavy (non-hydrogen) atoms. The van der Waals surface area contributed by atoms with Crippen molar-refractivity contribution in [2.24, 2.45) is 0 Å². The van der Waals surface area contributed by atoms with Gasteiger partial charge in [-0.3, -0.25) is 4.79 Å². The van der Waals surface area contributed by atoms with Gasteiger partial charge < -0.3 is 9.80 Å². The maximum Gasteiger partial charge on any atom is 0.246 e. The van der Waals surface area contributed by atoms with Crippen LogP contribution in [0.4, 0.5) is 10.2 Å². The molecule has 2 heterocycles. The smallest absolute Gasteiger partial charge is 0.246 e. The Bertz CT molecular complexity index is 737. The Hall–Kier alpha value is -2.76. The van der Waals surface area contributed by atoms with Crippen molar-refractivity contribution >= 4 is 17.8 Å². The highest BCUT2D eigenvalue weighted by molar-refractivity contribution is 5.91. The zero-order valence-electron chi connectivity index (χ0n) is 13.5. The molecule has 0 bridgehead atoms. The van der Waals surface area contributed by atoms with E-state index in [9.17, 15) is 9.18 Å². The maximum atomic E-state index is 12.9. The summed E-state index contributed by atoms with van der Waals surface area (Å²) >= 11 is 0. The minimum Gasteiger partial charge on any atom is -0.353 e. The molecule has 6 heteroatoms. The van der Waals surface area contributed by atoms with E-state index in [-0.39, 0.29) is 11.7 Å². The number of benzene rings is 1. The number of hydrogen-bond acceptors (Lipinski definition) is 4. The number of carbonyl (C=O) groups is 1. The summed E-state index contributed by atoms with van der Waals surface area (Å²) in [5.41, 5.74) is 1.74. The summed E-state index contributed by atoms with van der Waals surface area (Å²) in [5, 5.41) is 0. The number of piperazine rings is 1. The van der Waals surface area contributed by atoms with Crippen LogP contribution in [0.25, 0.3) is 6.08 Å². The summed E-state index contributed by atoms with van der Waals surface area (Å²) < 4.78 is 12.9. The van der Waals surface area contributed by atoms with E-state index < -0.39 is 0 Å². The molecule has 1 aromatic heterocycles. The van der Waals surface area contributed by atoms with Gasteiger partial charge in [0.15, 0.2) is 0 Å². The van der Waals surface area contributed by atoms with Gasteiger partial charge >= 0.3 is 0 Å². The fourth-order valence-electron chi connectivity index (χ4n) is 2.62. The summed E-state index contributed by atoms with van der Waals surface area (Å²) in [6.07, 6.45) is 4.81. The van der Waals surface area contributed by atoms with E-state index in [1.165, 1.54) is 18.2 Å². The number of amides is 1. The van der Waals surface area contributed by atoms with Crippen molar-refractivity contribution < 1.29 is 9.18 Å². The van der Waals surface area contributed by atoms with Crippen molar-refractivity contribution in [3.05, 3.63) is 59.8 Å². The normalized spacial score (nSPS) is 15.1. The number of anilines is 1. The molecule has 0 N–H and O–H groups in total. The van der Waals surface area contributed by atoms with Crippen molar-refractivity contribution in [2.45, 2.75) is 6.92 Å². The second-order valence-corrected chi connectivity index (χ2v) is 5.71. The minimum atomic E-state index is -0.283. The molecule has 2 aromatic rings. The first-order valence-corrected chi connectivity index (χ1v) is 7.88. The van der Waals surface area contributed by atoms with Crippen LogP contribution >= 0.6 is 0 Å². The standard InChI is InChI=1S/C18H19FN4O/c1-14-12-17(21-13-20-14)22-8-10-23(11-9-22)18(24)7-4-15-2-5-16(19)6-3-15/h2-7,12-13H,8-11H2,1H3/b7-4+. The number of halogens is 1. The average molecular weight is 326 g/mol. The van der Waals surface area contributed by atoms with Gasteiger partial charge in [0.25, 0.3) is 0 Å². The highest BCUT2D eigenvalue weighted by atomic mass is 19.1. The van der Waals surface area contributed by atoms with E-state index >= 15 is 0 Å². The lowest BCUT2D eigenvalue weighted by Crippen LogP contribution is -2.48. The van der Waals surface area contributed by atoms with E-state index in [0.29, 0.717) is 13.1 Å². The molecule has 0 spiro atoms. The van der Waals surface area contributed by atoms with Gasteiger partial charge in [-0.1, -0.05) is 12.1 Å². The summed E-state index contributed by atoms with van der Waals surface area (Å²) in [4.78, 5) is 24.6. The Kier molecular flexibility index (Phi) is 4.84. The third-order valence-electron chi connectivity index (χ3n) is 3.99. The van der Waals surface area contributed by atoms with Crippen molar-refractivity contribution in [2.75, 3.05) is 31.1 Å². The number of nitrogens with zero attached hydrogens (tertiary/aromatic N) is 4. The van der Waals surface area contributed by atoms with E-state index in [0.717, 1.165) is 30.2 Å². The first kappa shape index (κ1) is 16.1. The highest BCUT2D eigenvalue weighted by Gasteiger charge is 2.20. The van der Waals surface area contributed by atoms with Crippen LogP contribution in [0.15, 0.2) is 42.7 Å². The van der Waals surface area contributed by atoms with Crippen LogP contribution in [-0.2, 0) is 4.79 Å². The fraction of sp³-hybridized carbons (Fsp3) is 0.278. The molecule has 0 radical (unpaired) electrons. The van der Waals surface area contributed by atoms with Crippen molar-refractivity contribution in [1.29, 1.82) is 0 Å². The zero-order valence-corrected chi connectivity index (χ0v) is 13.5. The van der Waals surface area contributed by atoms with Gasteiger partial charge in [-0.05, 0) is 30.7 Å². The number of aryl methyl sites for hydroxylation is 1. The van der Waals surface area contributed by atoms with Crippen LogP contribution in [0.2, 0.25) is 0 Å². The first-order valence-electron chi connectivity index (χ1n) is 7.88.